The molecule has 1 fully saturated rings. The number of ether oxygens (including phenoxy) is 1. The molecule has 2 aromatic heterocycles. The van der Waals surface area contributed by atoms with Crippen molar-refractivity contribution in [3.05, 3.63) is 59.4 Å². The minimum atomic E-state index is 0.0110. The highest BCUT2D eigenvalue weighted by atomic mass is 32.2. The minimum Gasteiger partial charge on any atom is -0.377 e. The Labute approximate surface area is 160 Å². The maximum Gasteiger partial charge on any atom is 0.272 e. The summed E-state index contributed by atoms with van der Waals surface area (Å²) in [4.78, 5) is 18.9. The van der Waals surface area contributed by atoms with E-state index < -0.39 is 0 Å². The van der Waals surface area contributed by atoms with Crippen LogP contribution in [-0.2, 0) is 11.3 Å². The Morgan fingerprint density at radius 1 is 1.38 bits per heavy atom. The largest absolute Gasteiger partial charge is 0.377 e. The summed E-state index contributed by atoms with van der Waals surface area (Å²) in [7, 11) is 0. The summed E-state index contributed by atoms with van der Waals surface area (Å²) in [6, 6.07) is 12.1. The standard InChI is InChI=1S/C20H20N2O2S2/c1-2-10-22-19(23)18-16(12-17(26-18)14-7-4-3-5-8-14)21-20(22)25-13-15-9-6-11-24-15/h2-5,7-8,12,15H,1,6,9-11,13H2/t15-/m0/s1. The number of hydrogen-bond donors (Lipinski definition) is 0. The van der Waals surface area contributed by atoms with Gasteiger partial charge in [-0.2, -0.15) is 0 Å². The lowest BCUT2D eigenvalue weighted by Gasteiger charge is -2.12. The summed E-state index contributed by atoms with van der Waals surface area (Å²) in [5.41, 5.74) is 1.89. The Hall–Kier alpha value is -1.89. The first-order valence-corrected chi connectivity index (χ1v) is 10.5. The maximum atomic E-state index is 13.0. The molecule has 4 rings (SSSR count). The lowest BCUT2D eigenvalue weighted by molar-refractivity contribution is 0.129. The highest BCUT2D eigenvalue weighted by Gasteiger charge is 2.19. The third-order valence-electron chi connectivity index (χ3n) is 4.39. The van der Waals surface area contributed by atoms with Gasteiger partial charge in [-0.05, 0) is 24.5 Å². The van der Waals surface area contributed by atoms with E-state index in [4.69, 9.17) is 9.72 Å². The van der Waals surface area contributed by atoms with Crippen LogP contribution in [0.15, 0.2) is 59.0 Å². The molecule has 0 radical (unpaired) electrons. The van der Waals surface area contributed by atoms with Crippen LogP contribution in [0.25, 0.3) is 20.7 Å². The summed E-state index contributed by atoms with van der Waals surface area (Å²) in [5.74, 6) is 0.824. The summed E-state index contributed by atoms with van der Waals surface area (Å²) in [6.45, 7) is 5.09. The van der Waals surface area contributed by atoms with E-state index in [0.717, 1.165) is 46.3 Å². The number of hydrogen-bond acceptors (Lipinski definition) is 5. The second-order valence-electron chi connectivity index (χ2n) is 6.24. The van der Waals surface area contributed by atoms with Crippen LogP contribution >= 0.6 is 23.1 Å². The molecule has 134 valence electrons. The molecule has 1 saturated heterocycles. The number of benzene rings is 1. The van der Waals surface area contributed by atoms with Gasteiger partial charge in [-0.3, -0.25) is 9.36 Å². The van der Waals surface area contributed by atoms with Gasteiger partial charge in [0, 0.05) is 23.8 Å². The van der Waals surface area contributed by atoms with Crippen molar-refractivity contribution >= 4 is 33.3 Å². The Balaban J connectivity index is 1.73. The van der Waals surface area contributed by atoms with E-state index >= 15 is 0 Å². The van der Waals surface area contributed by atoms with Crippen molar-refractivity contribution in [2.75, 3.05) is 12.4 Å². The first kappa shape index (κ1) is 17.5. The first-order valence-electron chi connectivity index (χ1n) is 8.71. The van der Waals surface area contributed by atoms with Crippen molar-refractivity contribution in [1.29, 1.82) is 0 Å². The first-order chi connectivity index (χ1) is 12.8. The summed E-state index contributed by atoms with van der Waals surface area (Å²) < 4.78 is 8.12. The predicted molar refractivity (Wildman–Crippen MR) is 109 cm³/mol. The molecule has 1 aliphatic rings. The number of nitrogens with zero attached hydrogens (tertiary/aromatic N) is 2. The van der Waals surface area contributed by atoms with Gasteiger partial charge in [-0.1, -0.05) is 48.2 Å². The number of thioether (sulfide) groups is 1. The van der Waals surface area contributed by atoms with Crippen LogP contribution in [0.4, 0.5) is 0 Å². The lowest BCUT2D eigenvalue weighted by Crippen LogP contribution is -2.22. The van der Waals surface area contributed by atoms with Crippen molar-refractivity contribution in [2.45, 2.75) is 30.6 Å². The summed E-state index contributed by atoms with van der Waals surface area (Å²) in [6.07, 6.45) is 4.20. The third kappa shape index (κ3) is 3.49. The van der Waals surface area contributed by atoms with Crippen molar-refractivity contribution in [3.63, 3.8) is 0 Å². The quantitative estimate of drug-likeness (QED) is 0.354. The fourth-order valence-electron chi connectivity index (χ4n) is 3.08. The van der Waals surface area contributed by atoms with Crippen molar-refractivity contribution < 1.29 is 4.74 Å². The zero-order valence-corrected chi connectivity index (χ0v) is 16.0. The van der Waals surface area contributed by atoms with Gasteiger partial charge in [0.25, 0.3) is 5.56 Å². The molecule has 0 spiro atoms. The zero-order valence-electron chi connectivity index (χ0n) is 14.4. The molecular formula is C20H20N2O2S2. The van der Waals surface area contributed by atoms with E-state index in [1.165, 1.54) is 11.3 Å². The van der Waals surface area contributed by atoms with Gasteiger partial charge < -0.3 is 4.74 Å². The topological polar surface area (TPSA) is 44.1 Å². The van der Waals surface area contributed by atoms with Gasteiger partial charge in [0.2, 0.25) is 0 Å². The molecule has 26 heavy (non-hydrogen) atoms. The molecule has 4 nitrogen and oxygen atoms in total. The molecule has 0 N–H and O–H groups in total. The van der Waals surface area contributed by atoms with Gasteiger partial charge in [0.15, 0.2) is 5.16 Å². The van der Waals surface area contributed by atoms with Crippen LogP contribution in [0.5, 0.6) is 0 Å². The third-order valence-corrected chi connectivity index (χ3v) is 6.66. The van der Waals surface area contributed by atoms with Gasteiger partial charge in [0.1, 0.15) is 4.70 Å². The molecule has 0 bridgehead atoms. The van der Waals surface area contributed by atoms with Crippen LogP contribution < -0.4 is 5.56 Å². The van der Waals surface area contributed by atoms with Crippen molar-refractivity contribution in [3.8, 4) is 10.4 Å². The van der Waals surface area contributed by atoms with Crippen LogP contribution in [0.2, 0.25) is 0 Å². The van der Waals surface area contributed by atoms with Gasteiger partial charge in [-0.15, -0.1) is 17.9 Å². The molecule has 1 aromatic carbocycles. The van der Waals surface area contributed by atoms with Gasteiger partial charge >= 0.3 is 0 Å². The number of allylic oxidation sites excluding steroid dienone is 1. The Bertz CT molecular complexity index is 973. The number of thiophene rings is 1. The molecule has 1 atom stereocenters. The molecular weight excluding hydrogens is 364 g/mol. The fourth-order valence-corrected chi connectivity index (χ4v) is 5.20. The predicted octanol–water partition coefficient (Wildman–Crippen LogP) is 4.58. The number of rotatable bonds is 6. The van der Waals surface area contributed by atoms with Gasteiger partial charge in [0.05, 0.1) is 11.6 Å². The molecule has 0 saturated carbocycles. The van der Waals surface area contributed by atoms with E-state index in [-0.39, 0.29) is 11.7 Å². The molecule has 0 unspecified atom stereocenters. The van der Waals surface area contributed by atoms with Crippen molar-refractivity contribution in [1.82, 2.24) is 9.55 Å². The van der Waals surface area contributed by atoms with Gasteiger partial charge in [-0.25, -0.2) is 4.98 Å². The van der Waals surface area contributed by atoms with Crippen molar-refractivity contribution in [2.24, 2.45) is 0 Å². The zero-order chi connectivity index (χ0) is 17.9. The monoisotopic (exact) mass is 384 g/mol. The minimum absolute atomic E-state index is 0.0110. The van der Waals surface area contributed by atoms with E-state index in [0.29, 0.717) is 11.2 Å². The normalized spacial score (nSPS) is 17.0. The molecule has 0 aliphatic carbocycles. The Morgan fingerprint density at radius 2 is 2.23 bits per heavy atom. The Morgan fingerprint density at radius 3 is 2.96 bits per heavy atom. The Kier molecular flexibility index (Phi) is 5.24. The van der Waals surface area contributed by atoms with E-state index in [1.54, 1.807) is 22.4 Å². The van der Waals surface area contributed by atoms with E-state index in [1.807, 2.05) is 24.3 Å². The van der Waals surface area contributed by atoms with E-state index in [9.17, 15) is 4.79 Å². The smallest absolute Gasteiger partial charge is 0.272 e. The molecule has 0 amide bonds. The molecule has 1 aliphatic heterocycles. The highest BCUT2D eigenvalue weighted by molar-refractivity contribution is 7.99. The van der Waals surface area contributed by atoms with Crippen LogP contribution in [0, 0.1) is 0 Å². The highest BCUT2D eigenvalue weighted by Crippen LogP contribution is 2.32. The summed E-state index contributed by atoms with van der Waals surface area (Å²) in [5, 5.41) is 0.746. The van der Waals surface area contributed by atoms with Crippen LogP contribution in [0.3, 0.4) is 0 Å². The molecule has 3 aromatic rings. The summed E-state index contributed by atoms with van der Waals surface area (Å²) >= 11 is 3.11. The van der Waals surface area contributed by atoms with Crippen LogP contribution in [0.1, 0.15) is 12.8 Å². The second kappa shape index (κ2) is 7.78. The number of aromatic nitrogens is 2. The second-order valence-corrected chi connectivity index (χ2v) is 8.28. The average molecular weight is 385 g/mol. The van der Waals surface area contributed by atoms with E-state index in [2.05, 4.69) is 18.7 Å². The fraction of sp³-hybridized carbons (Fsp3) is 0.300. The lowest BCUT2D eigenvalue weighted by atomic mass is 10.2. The average Bonchev–Trinajstić information content (AvgIpc) is 3.33. The number of fused-ring (bicyclic) bond motifs is 1. The molecule has 6 heteroatoms. The molecule has 3 heterocycles. The maximum absolute atomic E-state index is 13.0. The van der Waals surface area contributed by atoms with Crippen LogP contribution in [-0.4, -0.2) is 28.0 Å². The SMILES string of the molecule is C=CCn1c(SC[C@@H]2CCCO2)nc2cc(-c3ccccc3)sc2c1=O.